The van der Waals surface area contributed by atoms with Crippen LogP contribution in [0.15, 0.2) is 23.1 Å². The number of amides is 1. The van der Waals surface area contributed by atoms with E-state index in [-0.39, 0.29) is 17.4 Å². The van der Waals surface area contributed by atoms with E-state index in [4.69, 9.17) is 9.57 Å². The molecule has 1 aliphatic rings. The minimum Gasteiger partial charge on any atom is -0.382 e. The molecule has 0 saturated carbocycles. The first-order valence-corrected chi connectivity index (χ1v) is 8.47. The van der Waals surface area contributed by atoms with E-state index in [0.717, 1.165) is 24.1 Å². The van der Waals surface area contributed by atoms with Crippen LogP contribution >= 0.6 is 0 Å². The molecule has 2 rings (SSSR count). The van der Waals surface area contributed by atoms with E-state index < -0.39 is 10.0 Å². The number of rotatable bonds is 6. The topological polar surface area (TPSA) is 84.9 Å². The molecule has 1 amide bonds. The van der Waals surface area contributed by atoms with Crippen molar-refractivity contribution < 1.29 is 22.8 Å². The van der Waals surface area contributed by atoms with Gasteiger partial charge in [-0.3, -0.25) is 9.63 Å². The van der Waals surface area contributed by atoms with Gasteiger partial charge in [-0.25, -0.2) is 8.42 Å². The Kier molecular flexibility index (Phi) is 5.52. The Morgan fingerprint density at radius 1 is 1.36 bits per heavy atom. The molecule has 0 bridgehead atoms. The van der Waals surface area contributed by atoms with Gasteiger partial charge in [-0.2, -0.15) is 0 Å². The Labute approximate surface area is 130 Å². The first kappa shape index (κ1) is 16.9. The first-order valence-electron chi connectivity index (χ1n) is 6.99. The van der Waals surface area contributed by atoms with Crippen molar-refractivity contribution in [2.24, 2.45) is 0 Å². The number of benzene rings is 1. The quantitative estimate of drug-likeness (QED) is 0.618. The van der Waals surface area contributed by atoms with E-state index in [2.05, 4.69) is 4.89 Å². The molecule has 1 aromatic carbocycles. The molecule has 8 heteroatoms. The van der Waals surface area contributed by atoms with E-state index >= 15 is 0 Å². The summed E-state index contributed by atoms with van der Waals surface area (Å²) in [7, 11) is -2.24. The SMILES string of the molecule is COCCONS(=O)(=O)c1ccc2c(c1)CCCN2C(C)=O. The highest BCUT2D eigenvalue weighted by Gasteiger charge is 2.23. The van der Waals surface area contributed by atoms with Crippen LogP contribution in [0.3, 0.4) is 0 Å². The number of anilines is 1. The summed E-state index contributed by atoms with van der Waals surface area (Å²) in [5.74, 6) is -0.0439. The molecule has 0 saturated heterocycles. The molecule has 0 radical (unpaired) electrons. The highest BCUT2D eigenvalue weighted by atomic mass is 32.2. The summed E-state index contributed by atoms with van der Waals surface area (Å²) >= 11 is 0. The number of methoxy groups -OCH3 is 1. The molecule has 1 aliphatic heterocycles. The van der Waals surface area contributed by atoms with Crippen molar-refractivity contribution in [3.05, 3.63) is 23.8 Å². The third-order valence-corrected chi connectivity index (χ3v) is 4.63. The lowest BCUT2D eigenvalue weighted by Crippen LogP contribution is -2.33. The summed E-state index contributed by atoms with van der Waals surface area (Å²) < 4.78 is 29.1. The van der Waals surface area contributed by atoms with Crippen LogP contribution in [0.25, 0.3) is 0 Å². The van der Waals surface area contributed by atoms with E-state index in [9.17, 15) is 13.2 Å². The molecule has 1 aromatic rings. The highest BCUT2D eigenvalue weighted by Crippen LogP contribution is 2.29. The minimum absolute atomic E-state index is 0.0439. The fraction of sp³-hybridized carbons (Fsp3) is 0.500. The number of aryl methyl sites for hydroxylation is 1. The van der Waals surface area contributed by atoms with Gasteiger partial charge in [0, 0.05) is 26.3 Å². The van der Waals surface area contributed by atoms with Gasteiger partial charge >= 0.3 is 0 Å². The second-order valence-electron chi connectivity index (χ2n) is 4.99. The molecule has 7 nitrogen and oxygen atoms in total. The zero-order valence-corrected chi connectivity index (χ0v) is 13.5. The Morgan fingerprint density at radius 2 is 2.14 bits per heavy atom. The van der Waals surface area contributed by atoms with Crippen molar-refractivity contribution in [3.8, 4) is 0 Å². The van der Waals surface area contributed by atoms with Crippen molar-refractivity contribution in [1.29, 1.82) is 0 Å². The monoisotopic (exact) mass is 328 g/mol. The van der Waals surface area contributed by atoms with E-state index in [1.807, 2.05) is 0 Å². The molecule has 0 unspecified atom stereocenters. The molecule has 1 N–H and O–H groups in total. The molecule has 0 atom stereocenters. The standard InChI is InChI=1S/C14H20N2O5S/c1-11(17)16-7-3-4-12-10-13(5-6-14(12)16)22(18,19)15-21-9-8-20-2/h5-6,10,15H,3-4,7-9H2,1-2H3. The predicted octanol–water partition coefficient (Wildman–Crippen LogP) is 0.842. The second-order valence-corrected chi connectivity index (χ2v) is 6.64. The summed E-state index contributed by atoms with van der Waals surface area (Å²) in [4.78, 5) is 20.3. The molecule has 0 fully saturated rings. The average Bonchev–Trinajstić information content (AvgIpc) is 2.50. The van der Waals surface area contributed by atoms with Crippen LogP contribution < -0.4 is 9.79 Å². The third-order valence-electron chi connectivity index (χ3n) is 3.42. The summed E-state index contributed by atoms with van der Waals surface area (Å²) in [5, 5.41) is 0. The summed E-state index contributed by atoms with van der Waals surface area (Å²) in [6, 6.07) is 4.73. The van der Waals surface area contributed by atoms with Crippen molar-refractivity contribution in [1.82, 2.24) is 4.89 Å². The van der Waals surface area contributed by atoms with Gasteiger partial charge in [0.2, 0.25) is 5.91 Å². The maximum atomic E-state index is 12.1. The fourth-order valence-electron chi connectivity index (χ4n) is 2.36. The first-order chi connectivity index (χ1) is 10.5. The van der Waals surface area contributed by atoms with E-state index in [1.165, 1.54) is 20.1 Å². The van der Waals surface area contributed by atoms with E-state index in [1.54, 1.807) is 17.0 Å². The van der Waals surface area contributed by atoms with Gasteiger partial charge in [0.15, 0.2) is 0 Å². The predicted molar refractivity (Wildman–Crippen MR) is 80.9 cm³/mol. The van der Waals surface area contributed by atoms with Crippen molar-refractivity contribution in [3.63, 3.8) is 0 Å². The van der Waals surface area contributed by atoms with Crippen molar-refractivity contribution >= 4 is 21.6 Å². The molecule has 0 aromatic heterocycles. The Balaban J connectivity index is 2.18. The van der Waals surface area contributed by atoms with Crippen molar-refractivity contribution in [2.45, 2.75) is 24.7 Å². The van der Waals surface area contributed by atoms with Crippen LogP contribution in [0.1, 0.15) is 18.9 Å². The van der Waals surface area contributed by atoms with Crippen molar-refractivity contribution in [2.75, 3.05) is 31.8 Å². The molecule has 0 spiro atoms. The molecular weight excluding hydrogens is 308 g/mol. The fourth-order valence-corrected chi connectivity index (χ4v) is 3.24. The number of carbonyl (C=O) groups excluding carboxylic acids is 1. The summed E-state index contributed by atoms with van der Waals surface area (Å²) in [5.41, 5.74) is 1.62. The molecular formula is C14H20N2O5S. The summed E-state index contributed by atoms with van der Waals surface area (Å²) in [6.45, 7) is 2.58. The van der Waals surface area contributed by atoms with Crippen LogP contribution in [-0.2, 0) is 30.8 Å². The Bertz CT molecular complexity index is 645. The number of nitrogens with zero attached hydrogens (tertiary/aromatic N) is 1. The number of nitrogens with one attached hydrogen (secondary N) is 1. The number of carbonyl (C=O) groups is 1. The lowest BCUT2D eigenvalue weighted by molar-refractivity contribution is -0.116. The molecule has 0 aliphatic carbocycles. The summed E-state index contributed by atoms with van der Waals surface area (Å²) in [6.07, 6.45) is 1.56. The van der Waals surface area contributed by atoms with Gasteiger partial charge in [-0.05, 0) is 36.6 Å². The van der Waals surface area contributed by atoms with Crippen LogP contribution in [-0.4, -0.2) is 41.2 Å². The smallest absolute Gasteiger partial charge is 0.262 e. The van der Waals surface area contributed by atoms with Gasteiger partial charge in [-0.1, -0.05) is 4.89 Å². The van der Waals surface area contributed by atoms with Gasteiger partial charge in [0.1, 0.15) is 0 Å². The number of hydrogen-bond donors (Lipinski definition) is 1. The lowest BCUT2D eigenvalue weighted by atomic mass is 10.0. The third kappa shape index (κ3) is 3.83. The normalized spacial score (nSPS) is 14.7. The van der Waals surface area contributed by atoms with Crippen LogP contribution in [0.5, 0.6) is 0 Å². The number of hydrogen-bond acceptors (Lipinski definition) is 5. The maximum absolute atomic E-state index is 12.1. The van der Waals surface area contributed by atoms with E-state index in [0.29, 0.717) is 13.2 Å². The van der Waals surface area contributed by atoms with Gasteiger partial charge in [-0.15, -0.1) is 0 Å². The second kappa shape index (κ2) is 7.19. The van der Waals surface area contributed by atoms with Crippen LogP contribution in [0, 0.1) is 0 Å². The Hall–Kier alpha value is -1.48. The number of fused-ring (bicyclic) bond motifs is 1. The molecule has 122 valence electrons. The Morgan fingerprint density at radius 3 is 2.82 bits per heavy atom. The number of ether oxygens (including phenoxy) is 1. The average molecular weight is 328 g/mol. The largest absolute Gasteiger partial charge is 0.382 e. The molecule has 22 heavy (non-hydrogen) atoms. The lowest BCUT2D eigenvalue weighted by Gasteiger charge is -2.28. The minimum atomic E-state index is -3.74. The zero-order valence-electron chi connectivity index (χ0n) is 12.7. The van der Waals surface area contributed by atoms with Crippen LogP contribution in [0.2, 0.25) is 0 Å². The van der Waals surface area contributed by atoms with Gasteiger partial charge < -0.3 is 9.64 Å². The maximum Gasteiger partial charge on any atom is 0.262 e. The molecule has 1 heterocycles. The number of sulfonamides is 1. The van der Waals surface area contributed by atoms with Gasteiger partial charge in [0.05, 0.1) is 18.1 Å². The van der Waals surface area contributed by atoms with Crippen LogP contribution in [0.4, 0.5) is 5.69 Å². The van der Waals surface area contributed by atoms with Gasteiger partial charge in [0.25, 0.3) is 10.0 Å². The highest BCUT2D eigenvalue weighted by molar-refractivity contribution is 7.89. The zero-order chi connectivity index (χ0) is 16.2.